The molecule has 2 N–H and O–H groups in total. The molecule has 0 bridgehead atoms. The summed E-state index contributed by atoms with van der Waals surface area (Å²) in [5.74, 6) is -1.51. The molecule has 0 aliphatic carbocycles. The van der Waals surface area contributed by atoms with Crippen molar-refractivity contribution in [3.05, 3.63) is 53.0 Å². The summed E-state index contributed by atoms with van der Waals surface area (Å²) in [6.45, 7) is 5.00. The molecule has 8 heteroatoms. The molecular weight excluding hydrogens is 366 g/mol. The van der Waals surface area contributed by atoms with Crippen molar-refractivity contribution in [1.82, 2.24) is 14.9 Å². The third-order valence-corrected chi connectivity index (χ3v) is 5.06. The Morgan fingerprint density at radius 3 is 2.75 bits per heavy atom. The highest BCUT2D eigenvalue weighted by molar-refractivity contribution is 5.93. The third kappa shape index (κ3) is 4.62. The number of aromatic nitrogens is 2. The van der Waals surface area contributed by atoms with E-state index in [1.54, 1.807) is 13.0 Å². The van der Waals surface area contributed by atoms with Gasteiger partial charge in [-0.15, -0.1) is 0 Å². The Balaban J connectivity index is 1.72. The standard InChI is InChI=1S/C20H24F2N4O2/c1-13-24-17(22)12-18(25-13)28-20(2)8-3-4-9-26(20)10-7-14-5-6-15(19(23)27)16(21)11-14/h5-6,11-12H,3-4,7-10H2,1-2H3,(H2,23,27). The molecule has 0 radical (unpaired) electrons. The van der Waals surface area contributed by atoms with E-state index >= 15 is 0 Å². The van der Waals surface area contributed by atoms with Crippen LogP contribution in [0.25, 0.3) is 0 Å². The minimum absolute atomic E-state index is 0.115. The highest BCUT2D eigenvalue weighted by Gasteiger charge is 2.36. The summed E-state index contributed by atoms with van der Waals surface area (Å²) in [6.07, 6.45) is 3.35. The van der Waals surface area contributed by atoms with Crippen molar-refractivity contribution in [3.8, 4) is 5.88 Å². The zero-order valence-electron chi connectivity index (χ0n) is 16.0. The molecule has 1 saturated heterocycles. The Kier molecular flexibility index (Phi) is 5.88. The summed E-state index contributed by atoms with van der Waals surface area (Å²) < 4.78 is 33.7. The fraction of sp³-hybridized carbons (Fsp3) is 0.450. The van der Waals surface area contributed by atoms with Crippen molar-refractivity contribution in [2.45, 2.75) is 45.3 Å². The number of hydrogen-bond donors (Lipinski definition) is 1. The molecule has 6 nitrogen and oxygen atoms in total. The van der Waals surface area contributed by atoms with Gasteiger partial charge in [0.05, 0.1) is 11.6 Å². The second-order valence-corrected chi connectivity index (χ2v) is 7.23. The molecule has 2 heterocycles. The van der Waals surface area contributed by atoms with Crippen LogP contribution < -0.4 is 10.5 Å². The van der Waals surface area contributed by atoms with Gasteiger partial charge < -0.3 is 10.5 Å². The molecule has 1 fully saturated rings. The van der Waals surface area contributed by atoms with Gasteiger partial charge in [0, 0.05) is 19.5 Å². The first-order chi connectivity index (χ1) is 13.3. The van der Waals surface area contributed by atoms with E-state index in [9.17, 15) is 13.6 Å². The Morgan fingerprint density at radius 1 is 1.29 bits per heavy atom. The largest absolute Gasteiger partial charge is 0.456 e. The second kappa shape index (κ2) is 8.18. The van der Waals surface area contributed by atoms with Gasteiger partial charge in [0.2, 0.25) is 11.8 Å². The Bertz CT molecular complexity index is 857. The number of likely N-dealkylation sites (tertiary alicyclic amines) is 1. The van der Waals surface area contributed by atoms with Gasteiger partial charge in [-0.05, 0) is 50.8 Å². The summed E-state index contributed by atoms with van der Waals surface area (Å²) in [4.78, 5) is 21.1. The van der Waals surface area contributed by atoms with Crippen molar-refractivity contribution in [1.29, 1.82) is 0 Å². The minimum atomic E-state index is -0.784. The maximum atomic E-state index is 14.0. The van der Waals surface area contributed by atoms with E-state index in [2.05, 4.69) is 14.9 Å². The topological polar surface area (TPSA) is 81.3 Å². The number of ether oxygens (including phenoxy) is 1. The monoisotopic (exact) mass is 390 g/mol. The average molecular weight is 390 g/mol. The first-order valence-electron chi connectivity index (χ1n) is 9.30. The van der Waals surface area contributed by atoms with E-state index in [0.29, 0.717) is 18.8 Å². The minimum Gasteiger partial charge on any atom is -0.456 e. The number of piperidine rings is 1. The van der Waals surface area contributed by atoms with Gasteiger partial charge in [0.15, 0.2) is 5.72 Å². The normalized spacial score (nSPS) is 20.1. The lowest BCUT2D eigenvalue weighted by Gasteiger charge is -2.44. The van der Waals surface area contributed by atoms with Crippen LogP contribution in [0.15, 0.2) is 24.3 Å². The smallest absolute Gasteiger partial charge is 0.251 e. The van der Waals surface area contributed by atoms with Crippen LogP contribution >= 0.6 is 0 Å². The summed E-state index contributed by atoms with van der Waals surface area (Å²) >= 11 is 0. The van der Waals surface area contributed by atoms with E-state index < -0.39 is 23.4 Å². The summed E-state index contributed by atoms with van der Waals surface area (Å²) in [5, 5.41) is 0. The predicted octanol–water partition coefficient (Wildman–Crippen LogP) is 2.99. The summed E-state index contributed by atoms with van der Waals surface area (Å²) in [6, 6.07) is 5.63. The van der Waals surface area contributed by atoms with E-state index in [1.807, 2.05) is 6.92 Å². The molecule has 1 aliphatic rings. The van der Waals surface area contributed by atoms with Crippen molar-refractivity contribution in [2.24, 2.45) is 5.73 Å². The van der Waals surface area contributed by atoms with Crippen molar-refractivity contribution in [3.63, 3.8) is 0 Å². The second-order valence-electron chi connectivity index (χ2n) is 7.23. The molecule has 150 valence electrons. The molecule has 2 aromatic rings. The number of amides is 1. The summed E-state index contributed by atoms with van der Waals surface area (Å²) in [7, 11) is 0. The van der Waals surface area contributed by atoms with Crippen LogP contribution in [-0.2, 0) is 6.42 Å². The van der Waals surface area contributed by atoms with E-state index in [-0.39, 0.29) is 11.4 Å². The number of primary amides is 1. The quantitative estimate of drug-likeness (QED) is 0.767. The number of rotatable bonds is 6. The predicted molar refractivity (Wildman–Crippen MR) is 99.8 cm³/mol. The lowest BCUT2D eigenvalue weighted by atomic mass is 9.98. The molecule has 1 aromatic carbocycles. The molecule has 1 aromatic heterocycles. The Morgan fingerprint density at radius 2 is 2.07 bits per heavy atom. The van der Waals surface area contributed by atoms with Gasteiger partial charge in [0.1, 0.15) is 11.6 Å². The number of halogens is 2. The fourth-order valence-corrected chi connectivity index (χ4v) is 3.58. The number of nitrogens with two attached hydrogens (primary N) is 1. The van der Waals surface area contributed by atoms with Crippen molar-refractivity contribution in [2.75, 3.05) is 13.1 Å². The molecule has 0 saturated carbocycles. The highest BCUT2D eigenvalue weighted by Crippen LogP contribution is 2.30. The maximum Gasteiger partial charge on any atom is 0.251 e. The first-order valence-corrected chi connectivity index (χ1v) is 9.30. The number of benzene rings is 1. The van der Waals surface area contributed by atoms with Crippen LogP contribution in [0.4, 0.5) is 8.78 Å². The molecule has 28 heavy (non-hydrogen) atoms. The van der Waals surface area contributed by atoms with E-state index in [0.717, 1.165) is 31.4 Å². The lowest BCUT2D eigenvalue weighted by Crippen LogP contribution is -2.54. The highest BCUT2D eigenvalue weighted by atomic mass is 19.1. The number of carbonyl (C=O) groups excluding carboxylic acids is 1. The zero-order valence-corrected chi connectivity index (χ0v) is 16.0. The Hall–Kier alpha value is -2.61. The SMILES string of the molecule is Cc1nc(F)cc(OC2(C)CCCCN2CCc2ccc(C(N)=O)c(F)c2)n1. The molecule has 1 atom stereocenters. The number of carbonyl (C=O) groups is 1. The van der Waals surface area contributed by atoms with E-state index in [1.165, 1.54) is 18.2 Å². The van der Waals surface area contributed by atoms with Gasteiger partial charge in [-0.25, -0.2) is 9.37 Å². The molecular formula is C20H24F2N4O2. The van der Waals surface area contributed by atoms with Crippen molar-refractivity contribution < 1.29 is 18.3 Å². The fourth-order valence-electron chi connectivity index (χ4n) is 3.58. The zero-order chi connectivity index (χ0) is 20.3. The lowest BCUT2D eigenvalue weighted by molar-refractivity contribution is -0.0979. The summed E-state index contributed by atoms with van der Waals surface area (Å²) in [5.41, 5.74) is 5.15. The van der Waals surface area contributed by atoms with Gasteiger partial charge in [-0.2, -0.15) is 9.37 Å². The Labute approximate surface area is 162 Å². The van der Waals surface area contributed by atoms with Crippen LogP contribution in [0.5, 0.6) is 5.88 Å². The molecule has 1 aliphatic heterocycles. The van der Waals surface area contributed by atoms with Crippen LogP contribution in [-0.4, -0.2) is 39.6 Å². The molecule has 0 spiro atoms. The first kappa shape index (κ1) is 20.1. The molecule has 3 rings (SSSR count). The maximum absolute atomic E-state index is 14.0. The van der Waals surface area contributed by atoms with Crippen LogP contribution in [0, 0.1) is 18.7 Å². The van der Waals surface area contributed by atoms with Gasteiger partial charge in [0.25, 0.3) is 5.91 Å². The van der Waals surface area contributed by atoms with Crippen molar-refractivity contribution >= 4 is 5.91 Å². The third-order valence-electron chi connectivity index (χ3n) is 5.06. The number of aryl methyl sites for hydroxylation is 1. The van der Waals surface area contributed by atoms with Gasteiger partial charge in [-0.3, -0.25) is 9.69 Å². The van der Waals surface area contributed by atoms with Gasteiger partial charge in [-0.1, -0.05) is 6.07 Å². The number of nitrogens with zero attached hydrogens (tertiary/aromatic N) is 3. The molecule has 1 unspecified atom stereocenters. The average Bonchev–Trinajstić information content (AvgIpc) is 2.59. The van der Waals surface area contributed by atoms with Gasteiger partial charge >= 0.3 is 0 Å². The van der Waals surface area contributed by atoms with E-state index in [4.69, 9.17) is 10.5 Å². The number of hydrogen-bond acceptors (Lipinski definition) is 5. The van der Waals surface area contributed by atoms with Crippen LogP contribution in [0.2, 0.25) is 0 Å². The molecule has 1 amide bonds. The van der Waals surface area contributed by atoms with Crippen LogP contribution in [0.3, 0.4) is 0 Å². The van der Waals surface area contributed by atoms with Crippen LogP contribution in [0.1, 0.15) is 47.9 Å².